The van der Waals surface area contributed by atoms with Crippen molar-refractivity contribution in [3.05, 3.63) is 18.0 Å². The third-order valence-electron chi connectivity index (χ3n) is 3.60. The molecule has 1 aliphatic carbocycles. The van der Waals surface area contributed by atoms with Crippen LogP contribution in [0.15, 0.2) is 12.4 Å². The van der Waals surface area contributed by atoms with E-state index in [0.29, 0.717) is 13.0 Å². The molecule has 1 aromatic rings. The van der Waals surface area contributed by atoms with Crippen molar-refractivity contribution in [3.63, 3.8) is 0 Å². The number of carbonyl (C=O) groups excluding carboxylic acids is 1. The number of hydrogen-bond donors (Lipinski definition) is 2. The summed E-state index contributed by atoms with van der Waals surface area (Å²) < 4.78 is 1.77. The van der Waals surface area contributed by atoms with Gasteiger partial charge in [-0.25, -0.2) is 0 Å². The molecule has 1 amide bonds. The third kappa shape index (κ3) is 3.10. The van der Waals surface area contributed by atoms with Crippen molar-refractivity contribution in [3.8, 4) is 0 Å². The SMILES string of the molecule is Cc1cnn(CCC(=O)NC2(CO)CCCC2)c1. The van der Waals surface area contributed by atoms with Gasteiger partial charge in [-0.2, -0.15) is 5.10 Å². The van der Waals surface area contributed by atoms with Gasteiger partial charge in [-0.05, 0) is 25.3 Å². The molecular formula is C13H21N3O2. The molecule has 1 saturated carbocycles. The quantitative estimate of drug-likeness (QED) is 0.820. The van der Waals surface area contributed by atoms with E-state index >= 15 is 0 Å². The van der Waals surface area contributed by atoms with Crippen LogP contribution in [-0.4, -0.2) is 32.9 Å². The lowest BCUT2D eigenvalue weighted by Crippen LogP contribution is -2.49. The van der Waals surface area contributed by atoms with Gasteiger partial charge in [0.25, 0.3) is 0 Å². The summed E-state index contributed by atoms with van der Waals surface area (Å²) in [7, 11) is 0. The molecule has 5 nitrogen and oxygen atoms in total. The first-order valence-corrected chi connectivity index (χ1v) is 6.54. The Bertz CT molecular complexity index is 408. The van der Waals surface area contributed by atoms with Crippen molar-refractivity contribution < 1.29 is 9.90 Å². The second-order valence-electron chi connectivity index (χ2n) is 5.22. The number of amides is 1. The third-order valence-corrected chi connectivity index (χ3v) is 3.60. The summed E-state index contributed by atoms with van der Waals surface area (Å²) in [6, 6.07) is 0. The van der Waals surface area contributed by atoms with E-state index in [1.54, 1.807) is 10.9 Å². The van der Waals surface area contributed by atoms with E-state index < -0.39 is 0 Å². The van der Waals surface area contributed by atoms with Crippen LogP contribution in [0.1, 0.15) is 37.7 Å². The first-order chi connectivity index (χ1) is 8.63. The van der Waals surface area contributed by atoms with Crippen LogP contribution in [0.3, 0.4) is 0 Å². The molecule has 0 bridgehead atoms. The van der Waals surface area contributed by atoms with Gasteiger partial charge in [-0.15, -0.1) is 0 Å². The zero-order valence-electron chi connectivity index (χ0n) is 10.9. The summed E-state index contributed by atoms with van der Waals surface area (Å²) in [6.45, 7) is 2.60. The van der Waals surface area contributed by atoms with E-state index in [9.17, 15) is 9.90 Å². The predicted molar refractivity (Wildman–Crippen MR) is 68.0 cm³/mol. The number of rotatable bonds is 5. The van der Waals surface area contributed by atoms with Crippen molar-refractivity contribution in [2.45, 2.75) is 51.1 Å². The van der Waals surface area contributed by atoms with Crippen LogP contribution >= 0.6 is 0 Å². The number of nitrogens with zero attached hydrogens (tertiary/aromatic N) is 2. The van der Waals surface area contributed by atoms with Crippen molar-refractivity contribution in [1.82, 2.24) is 15.1 Å². The van der Waals surface area contributed by atoms with Crippen LogP contribution < -0.4 is 5.32 Å². The highest BCUT2D eigenvalue weighted by atomic mass is 16.3. The van der Waals surface area contributed by atoms with E-state index in [4.69, 9.17) is 0 Å². The molecule has 0 atom stereocenters. The van der Waals surface area contributed by atoms with Crippen molar-refractivity contribution in [2.24, 2.45) is 0 Å². The fourth-order valence-corrected chi connectivity index (χ4v) is 2.54. The predicted octanol–water partition coefficient (Wildman–Crippen LogP) is 1.00. The van der Waals surface area contributed by atoms with Gasteiger partial charge in [-0.3, -0.25) is 9.48 Å². The van der Waals surface area contributed by atoms with E-state index in [-0.39, 0.29) is 18.1 Å². The number of aliphatic hydroxyl groups excluding tert-OH is 1. The molecule has 0 spiro atoms. The second kappa shape index (κ2) is 5.52. The van der Waals surface area contributed by atoms with Gasteiger partial charge in [0, 0.05) is 19.2 Å². The maximum atomic E-state index is 11.9. The minimum Gasteiger partial charge on any atom is -0.394 e. The lowest BCUT2D eigenvalue weighted by molar-refractivity contribution is -0.123. The largest absolute Gasteiger partial charge is 0.394 e. The number of aryl methyl sites for hydroxylation is 2. The standard InChI is InChI=1S/C13H21N3O2/c1-11-8-14-16(9-11)7-4-12(18)15-13(10-17)5-2-3-6-13/h8-9,17H,2-7,10H2,1H3,(H,15,18). The van der Waals surface area contributed by atoms with Crippen LogP contribution in [-0.2, 0) is 11.3 Å². The zero-order valence-corrected chi connectivity index (χ0v) is 10.9. The van der Waals surface area contributed by atoms with Gasteiger partial charge in [0.1, 0.15) is 0 Å². The van der Waals surface area contributed by atoms with Crippen LogP contribution in [0.5, 0.6) is 0 Å². The fourth-order valence-electron chi connectivity index (χ4n) is 2.54. The first-order valence-electron chi connectivity index (χ1n) is 6.54. The first kappa shape index (κ1) is 13.1. The van der Waals surface area contributed by atoms with Gasteiger partial charge in [-0.1, -0.05) is 12.8 Å². The molecule has 1 fully saturated rings. The molecule has 1 aromatic heterocycles. The number of nitrogens with one attached hydrogen (secondary N) is 1. The Kier molecular flexibility index (Phi) is 4.01. The Hall–Kier alpha value is -1.36. The van der Waals surface area contributed by atoms with Crippen LogP contribution in [0, 0.1) is 6.92 Å². The molecule has 2 rings (SSSR count). The zero-order chi connectivity index (χ0) is 13.0. The summed E-state index contributed by atoms with van der Waals surface area (Å²) in [4.78, 5) is 11.9. The summed E-state index contributed by atoms with van der Waals surface area (Å²) in [5.41, 5.74) is 0.731. The minimum absolute atomic E-state index is 0.000830. The number of aromatic nitrogens is 2. The molecule has 0 aromatic carbocycles. The van der Waals surface area contributed by atoms with Gasteiger partial charge >= 0.3 is 0 Å². The lowest BCUT2D eigenvalue weighted by atomic mass is 9.99. The number of aliphatic hydroxyl groups is 1. The van der Waals surface area contributed by atoms with Crippen molar-refractivity contribution >= 4 is 5.91 Å². The smallest absolute Gasteiger partial charge is 0.222 e. The summed E-state index contributed by atoms with van der Waals surface area (Å²) in [5.74, 6) is -0.000830. The molecule has 5 heteroatoms. The molecule has 18 heavy (non-hydrogen) atoms. The molecule has 0 aliphatic heterocycles. The lowest BCUT2D eigenvalue weighted by Gasteiger charge is -2.27. The van der Waals surface area contributed by atoms with Crippen molar-refractivity contribution in [2.75, 3.05) is 6.61 Å². The maximum absolute atomic E-state index is 11.9. The highest BCUT2D eigenvalue weighted by Gasteiger charge is 2.34. The van der Waals surface area contributed by atoms with E-state index in [1.165, 1.54) is 0 Å². The minimum atomic E-state index is -0.364. The summed E-state index contributed by atoms with van der Waals surface area (Å²) in [6.07, 6.45) is 8.04. The second-order valence-corrected chi connectivity index (χ2v) is 5.22. The number of hydrogen-bond acceptors (Lipinski definition) is 3. The Morgan fingerprint density at radius 1 is 1.56 bits per heavy atom. The molecule has 0 saturated heterocycles. The molecule has 2 N–H and O–H groups in total. The van der Waals surface area contributed by atoms with E-state index in [0.717, 1.165) is 31.2 Å². The van der Waals surface area contributed by atoms with Gasteiger partial charge in [0.2, 0.25) is 5.91 Å². The average molecular weight is 251 g/mol. The molecule has 100 valence electrons. The molecule has 1 heterocycles. The maximum Gasteiger partial charge on any atom is 0.222 e. The number of carbonyl (C=O) groups is 1. The average Bonchev–Trinajstić information content (AvgIpc) is 2.97. The van der Waals surface area contributed by atoms with Gasteiger partial charge in [0.15, 0.2) is 0 Å². The Labute approximate surface area is 107 Å². The van der Waals surface area contributed by atoms with Gasteiger partial charge < -0.3 is 10.4 Å². The molecular weight excluding hydrogens is 230 g/mol. The topological polar surface area (TPSA) is 67.2 Å². The monoisotopic (exact) mass is 251 g/mol. The molecule has 1 aliphatic rings. The molecule has 0 unspecified atom stereocenters. The highest BCUT2D eigenvalue weighted by Crippen LogP contribution is 2.29. The van der Waals surface area contributed by atoms with Crippen LogP contribution in [0.2, 0.25) is 0 Å². The fraction of sp³-hybridized carbons (Fsp3) is 0.692. The Morgan fingerprint density at radius 3 is 2.83 bits per heavy atom. The highest BCUT2D eigenvalue weighted by molar-refractivity contribution is 5.76. The van der Waals surface area contributed by atoms with E-state index in [2.05, 4.69) is 10.4 Å². The van der Waals surface area contributed by atoms with Crippen LogP contribution in [0.4, 0.5) is 0 Å². The summed E-state index contributed by atoms with van der Waals surface area (Å²) >= 11 is 0. The summed E-state index contributed by atoms with van der Waals surface area (Å²) in [5, 5.41) is 16.6. The Balaban J connectivity index is 1.81. The molecule has 0 radical (unpaired) electrons. The van der Waals surface area contributed by atoms with Crippen LogP contribution in [0.25, 0.3) is 0 Å². The van der Waals surface area contributed by atoms with Gasteiger partial charge in [0.05, 0.1) is 18.3 Å². The van der Waals surface area contributed by atoms with E-state index in [1.807, 2.05) is 13.1 Å². The normalized spacial score (nSPS) is 17.9. The van der Waals surface area contributed by atoms with Crippen molar-refractivity contribution in [1.29, 1.82) is 0 Å². The Morgan fingerprint density at radius 2 is 2.28 bits per heavy atom.